The summed E-state index contributed by atoms with van der Waals surface area (Å²) in [5.41, 5.74) is -0.641. The van der Waals surface area contributed by atoms with E-state index in [9.17, 15) is 9.90 Å². The maximum Gasteiger partial charge on any atom is 0.252 e. The largest absolute Gasteiger partial charge is 0.386 e. The predicted molar refractivity (Wildman–Crippen MR) is 69.2 cm³/mol. The number of benzene rings is 1. The molecule has 0 saturated carbocycles. The summed E-state index contributed by atoms with van der Waals surface area (Å²) in [5, 5.41) is 13.4. The molecular formula is C12H13Cl2NO3. The summed E-state index contributed by atoms with van der Waals surface area (Å²) in [6.45, 7) is 0.889. The quantitative estimate of drug-likeness (QED) is 0.893. The fraction of sp³-hybridized carbons (Fsp3) is 0.417. The number of carbonyl (C=O) groups excluding carboxylic acids is 1. The Labute approximate surface area is 115 Å². The Morgan fingerprint density at radius 1 is 1.50 bits per heavy atom. The van der Waals surface area contributed by atoms with Crippen LogP contribution in [0.3, 0.4) is 0 Å². The van der Waals surface area contributed by atoms with Gasteiger partial charge in [-0.3, -0.25) is 4.79 Å². The Hall–Kier alpha value is -0.810. The van der Waals surface area contributed by atoms with E-state index < -0.39 is 5.60 Å². The number of hydrogen-bond acceptors (Lipinski definition) is 3. The molecule has 1 aliphatic heterocycles. The lowest BCUT2D eigenvalue weighted by Crippen LogP contribution is -2.43. The van der Waals surface area contributed by atoms with Crippen molar-refractivity contribution < 1.29 is 14.6 Å². The fourth-order valence-electron chi connectivity index (χ4n) is 1.75. The second-order valence-electron chi connectivity index (χ2n) is 4.33. The van der Waals surface area contributed by atoms with Crippen LogP contribution < -0.4 is 5.32 Å². The van der Waals surface area contributed by atoms with Gasteiger partial charge in [-0.05, 0) is 18.2 Å². The minimum Gasteiger partial charge on any atom is -0.386 e. The second kappa shape index (κ2) is 5.45. The summed E-state index contributed by atoms with van der Waals surface area (Å²) in [6, 6.07) is 4.65. The Bertz CT molecular complexity index is 459. The molecule has 1 amide bonds. The summed E-state index contributed by atoms with van der Waals surface area (Å²) < 4.78 is 5.09. The average molecular weight is 290 g/mol. The number of amides is 1. The van der Waals surface area contributed by atoms with Gasteiger partial charge in [-0.2, -0.15) is 0 Å². The molecule has 6 heteroatoms. The number of nitrogens with one attached hydrogen (secondary N) is 1. The molecule has 0 spiro atoms. The third-order valence-corrected chi connectivity index (χ3v) is 3.38. The van der Waals surface area contributed by atoms with Crippen molar-refractivity contribution in [1.29, 1.82) is 0 Å². The molecule has 1 aromatic carbocycles. The highest BCUT2D eigenvalue weighted by molar-refractivity contribution is 6.36. The first kappa shape index (κ1) is 13.6. The molecule has 0 radical (unpaired) electrons. The molecule has 0 bridgehead atoms. The van der Waals surface area contributed by atoms with Crippen LogP contribution in [0, 0.1) is 0 Å². The van der Waals surface area contributed by atoms with Crippen molar-refractivity contribution in [3.8, 4) is 0 Å². The maximum absolute atomic E-state index is 11.9. The zero-order chi connectivity index (χ0) is 13.2. The Morgan fingerprint density at radius 3 is 2.89 bits per heavy atom. The van der Waals surface area contributed by atoms with Crippen LogP contribution in [0.15, 0.2) is 18.2 Å². The Kier molecular flexibility index (Phi) is 4.12. The monoisotopic (exact) mass is 289 g/mol. The Balaban J connectivity index is 1.99. The van der Waals surface area contributed by atoms with Crippen molar-refractivity contribution in [2.24, 2.45) is 0 Å². The third-order valence-electron chi connectivity index (χ3n) is 2.84. The van der Waals surface area contributed by atoms with Gasteiger partial charge in [-0.15, -0.1) is 0 Å². The predicted octanol–water partition coefficient (Wildman–Crippen LogP) is 1.87. The first-order chi connectivity index (χ1) is 8.50. The normalized spacial score (nSPS) is 23.1. The van der Waals surface area contributed by atoms with Gasteiger partial charge in [0.05, 0.1) is 17.2 Å². The van der Waals surface area contributed by atoms with Crippen molar-refractivity contribution in [3.63, 3.8) is 0 Å². The Morgan fingerprint density at radius 2 is 2.28 bits per heavy atom. The number of aliphatic hydroxyl groups is 1. The van der Waals surface area contributed by atoms with Gasteiger partial charge in [0.2, 0.25) is 0 Å². The highest BCUT2D eigenvalue weighted by Gasteiger charge is 2.32. The van der Waals surface area contributed by atoms with Crippen LogP contribution in [0.25, 0.3) is 0 Å². The van der Waals surface area contributed by atoms with Crippen molar-refractivity contribution >= 4 is 29.1 Å². The zero-order valence-corrected chi connectivity index (χ0v) is 11.1. The summed E-state index contributed by atoms with van der Waals surface area (Å²) in [4.78, 5) is 11.9. The molecule has 1 fully saturated rings. The van der Waals surface area contributed by atoms with Crippen LogP contribution >= 0.6 is 23.2 Å². The van der Waals surface area contributed by atoms with E-state index in [0.717, 1.165) is 0 Å². The van der Waals surface area contributed by atoms with Gasteiger partial charge in [0.15, 0.2) is 0 Å². The molecule has 0 aliphatic carbocycles. The zero-order valence-electron chi connectivity index (χ0n) is 9.58. The molecule has 2 rings (SSSR count). The lowest BCUT2D eigenvalue weighted by Gasteiger charge is -2.20. The van der Waals surface area contributed by atoms with E-state index >= 15 is 0 Å². The van der Waals surface area contributed by atoms with Crippen LogP contribution in [0.4, 0.5) is 0 Å². The van der Waals surface area contributed by atoms with Crippen molar-refractivity contribution in [2.75, 3.05) is 19.8 Å². The lowest BCUT2D eigenvalue weighted by atomic mass is 10.0. The third kappa shape index (κ3) is 3.14. The standard InChI is InChI=1S/C12H13Cl2NO3/c13-8-1-2-9(10(14)5-8)11(16)15-6-12(17)3-4-18-7-12/h1-2,5,17H,3-4,6-7H2,(H,15,16). The van der Waals surface area contributed by atoms with E-state index in [4.69, 9.17) is 27.9 Å². The number of ether oxygens (including phenoxy) is 1. The van der Waals surface area contributed by atoms with Gasteiger partial charge < -0.3 is 15.2 Å². The summed E-state index contributed by atoms with van der Waals surface area (Å²) in [5.74, 6) is -0.336. The highest BCUT2D eigenvalue weighted by atomic mass is 35.5. The van der Waals surface area contributed by atoms with Crippen LogP contribution in [0.1, 0.15) is 16.8 Å². The van der Waals surface area contributed by atoms with Gasteiger partial charge in [0.25, 0.3) is 5.91 Å². The smallest absolute Gasteiger partial charge is 0.252 e. The minimum atomic E-state index is -0.978. The maximum atomic E-state index is 11.9. The number of rotatable bonds is 3. The van der Waals surface area contributed by atoms with Gasteiger partial charge in [-0.25, -0.2) is 0 Å². The molecule has 0 aromatic heterocycles. The molecule has 1 heterocycles. The van der Waals surface area contributed by atoms with E-state index in [-0.39, 0.29) is 24.1 Å². The van der Waals surface area contributed by atoms with Crippen LogP contribution in [0.2, 0.25) is 10.0 Å². The molecule has 1 atom stereocenters. The van der Waals surface area contributed by atoms with E-state index in [0.29, 0.717) is 23.6 Å². The van der Waals surface area contributed by atoms with Gasteiger partial charge in [0.1, 0.15) is 5.60 Å². The topological polar surface area (TPSA) is 58.6 Å². The number of carbonyl (C=O) groups is 1. The van der Waals surface area contributed by atoms with Crippen molar-refractivity contribution in [2.45, 2.75) is 12.0 Å². The SMILES string of the molecule is O=C(NCC1(O)CCOC1)c1ccc(Cl)cc1Cl. The number of halogens is 2. The molecule has 2 N–H and O–H groups in total. The molecule has 1 saturated heterocycles. The fourth-order valence-corrected chi connectivity index (χ4v) is 2.24. The van der Waals surface area contributed by atoms with E-state index in [1.165, 1.54) is 6.07 Å². The van der Waals surface area contributed by atoms with Crippen LogP contribution in [0.5, 0.6) is 0 Å². The van der Waals surface area contributed by atoms with Crippen molar-refractivity contribution in [1.82, 2.24) is 5.32 Å². The van der Waals surface area contributed by atoms with E-state index in [1.54, 1.807) is 12.1 Å². The molecule has 1 unspecified atom stereocenters. The van der Waals surface area contributed by atoms with Crippen LogP contribution in [-0.4, -0.2) is 36.4 Å². The van der Waals surface area contributed by atoms with Gasteiger partial charge >= 0.3 is 0 Å². The molecular weight excluding hydrogens is 277 g/mol. The van der Waals surface area contributed by atoms with E-state index in [2.05, 4.69) is 5.32 Å². The minimum absolute atomic E-state index is 0.144. The number of hydrogen-bond donors (Lipinski definition) is 2. The molecule has 98 valence electrons. The van der Waals surface area contributed by atoms with E-state index in [1.807, 2.05) is 0 Å². The summed E-state index contributed by atoms with van der Waals surface area (Å²) >= 11 is 11.7. The summed E-state index contributed by atoms with van der Waals surface area (Å²) in [7, 11) is 0. The molecule has 1 aromatic rings. The first-order valence-electron chi connectivity index (χ1n) is 5.54. The second-order valence-corrected chi connectivity index (χ2v) is 5.18. The van der Waals surface area contributed by atoms with Crippen molar-refractivity contribution in [3.05, 3.63) is 33.8 Å². The highest BCUT2D eigenvalue weighted by Crippen LogP contribution is 2.21. The molecule has 18 heavy (non-hydrogen) atoms. The lowest BCUT2D eigenvalue weighted by molar-refractivity contribution is 0.0264. The van der Waals surface area contributed by atoms with Gasteiger partial charge in [0, 0.05) is 24.6 Å². The molecule has 1 aliphatic rings. The average Bonchev–Trinajstić information content (AvgIpc) is 2.74. The molecule has 4 nitrogen and oxygen atoms in total. The van der Waals surface area contributed by atoms with Gasteiger partial charge in [-0.1, -0.05) is 23.2 Å². The first-order valence-corrected chi connectivity index (χ1v) is 6.29. The van der Waals surface area contributed by atoms with Crippen LogP contribution in [-0.2, 0) is 4.74 Å². The summed E-state index contributed by atoms with van der Waals surface area (Å²) in [6.07, 6.45) is 0.516.